The summed E-state index contributed by atoms with van der Waals surface area (Å²) in [5, 5.41) is 6.25. The van der Waals surface area contributed by atoms with Gasteiger partial charge in [-0.05, 0) is 37.5 Å². The zero-order valence-corrected chi connectivity index (χ0v) is 15.9. The molecule has 0 radical (unpaired) electrons. The highest BCUT2D eigenvalue weighted by Gasteiger charge is 2.36. The molecular formula is C19H29N3OS. The van der Waals surface area contributed by atoms with Crippen LogP contribution in [0, 0.1) is 5.41 Å². The number of amides is 2. The number of thiazole rings is 1. The summed E-state index contributed by atoms with van der Waals surface area (Å²) in [6, 6.07) is 0.0638. The highest BCUT2D eigenvalue weighted by atomic mass is 32.1. The van der Waals surface area contributed by atoms with Crippen LogP contribution < -0.4 is 5.32 Å². The Kier molecular flexibility index (Phi) is 5.00. The number of carbonyl (C=O) groups is 1. The Labute approximate surface area is 149 Å². The van der Waals surface area contributed by atoms with Crippen molar-refractivity contribution in [1.29, 1.82) is 0 Å². The van der Waals surface area contributed by atoms with E-state index in [1.165, 1.54) is 12.8 Å². The fourth-order valence-corrected chi connectivity index (χ4v) is 4.61. The third-order valence-electron chi connectivity index (χ3n) is 5.12. The SMILES string of the molecule is CC(C)(C)c1nc(CNC(=O)N2CCCC3(CC=CCC3)C2)cs1. The average molecular weight is 348 g/mol. The first-order valence-corrected chi connectivity index (χ1v) is 9.89. The highest BCUT2D eigenvalue weighted by Crippen LogP contribution is 2.40. The summed E-state index contributed by atoms with van der Waals surface area (Å²) in [5.41, 5.74) is 1.36. The van der Waals surface area contributed by atoms with E-state index >= 15 is 0 Å². The number of carbonyl (C=O) groups excluding carboxylic acids is 1. The lowest BCUT2D eigenvalue weighted by Crippen LogP contribution is -2.49. The Morgan fingerprint density at radius 2 is 2.21 bits per heavy atom. The Hall–Kier alpha value is -1.36. The van der Waals surface area contributed by atoms with Crippen molar-refractivity contribution in [1.82, 2.24) is 15.2 Å². The maximum atomic E-state index is 12.6. The summed E-state index contributed by atoms with van der Waals surface area (Å²) in [6.07, 6.45) is 10.4. The van der Waals surface area contributed by atoms with Crippen molar-refractivity contribution in [2.45, 2.75) is 64.8 Å². The summed E-state index contributed by atoms with van der Waals surface area (Å²) in [6.45, 7) is 8.80. The number of hydrogen-bond donors (Lipinski definition) is 1. The maximum absolute atomic E-state index is 12.6. The van der Waals surface area contributed by atoms with Crippen molar-refractivity contribution in [3.8, 4) is 0 Å². The van der Waals surface area contributed by atoms with Gasteiger partial charge in [0.25, 0.3) is 0 Å². The van der Waals surface area contributed by atoms with Crippen LogP contribution in [0.4, 0.5) is 4.79 Å². The molecule has 1 saturated heterocycles. The first-order valence-electron chi connectivity index (χ1n) is 9.01. The second-order valence-electron chi connectivity index (χ2n) is 8.29. The van der Waals surface area contributed by atoms with Gasteiger partial charge in [0, 0.05) is 23.9 Å². The van der Waals surface area contributed by atoms with E-state index in [1.807, 2.05) is 4.90 Å². The van der Waals surface area contributed by atoms with Crippen LogP contribution in [0.1, 0.15) is 63.6 Å². The van der Waals surface area contributed by atoms with Gasteiger partial charge in [0.05, 0.1) is 17.2 Å². The molecular weight excluding hydrogens is 318 g/mol. The molecule has 0 bridgehead atoms. The molecule has 1 unspecified atom stereocenters. The Morgan fingerprint density at radius 3 is 2.88 bits per heavy atom. The van der Waals surface area contributed by atoms with Gasteiger partial charge < -0.3 is 10.2 Å². The first-order chi connectivity index (χ1) is 11.4. The van der Waals surface area contributed by atoms with Crippen LogP contribution in [0.5, 0.6) is 0 Å². The van der Waals surface area contributed by atoms with Gasteiger partial charge in [-0.3, -0.25) is 0 Å². The standard InChI is InChI=1S/C19H29N3OS/c1-18(2,3)16-21-15(13-24-16)12-20-17(23)22-11-7-10-19(14-22)8-5-4-6-9-19/h4-5,13H,6-12,14H2,1-3H3,(H,20,23). The molecule has 1 aliphatic heterocycles. The van der Waals surface area contributed by atoms with E-state index in [1.54, 1.807) is 11.3 Å². The molecule has 5 heteroatoms. The smallest absolute Gasteiger partial charge is 0.317 e. The predicted molar refractivity (Wildman–Crippen MR) is 99.3 cm³/mol. The van der Waals surface area contributed by atoms with E-state index in [2.05, 4.69) is 48.6 Å². The van der Waals surface area contributed by atoms with E-state index in [-0.39, 0.29) is 11.4 Å². The van der Waals surface area contributed by atoms with Crippen LogP contribution in [0.3, 0.4) is 0 Å². The third-order valence-corrected chi connectivity index (χ3v) is 6.44. The summed E-state index contributed by atoms with van der Waals surface area (Å²) in [4.78, 5) is 19.2. The van der Waals surface area contributed by atoms with Crippen molar-refractivity contribution in [2.75, 3.05) is 13.1 Å². The van der Waals surface area contributed by atoms with E-state index < -0.39 is 0 Å². The summed E-state index contributed by atoms with van der Waals surface area (Å²) >= 11 is 1.68. The number of hydrogen-bond acceptors (Lipinski definition) is 3. The molecule has 0 saturated carbocycles. The van der Waals surface area contributed by atoms with E-state index in [0.717, 1.165) is 43.1 Å². The lowest BCUT2D eigenvalue weighted by Gasteiger charge is -2.43. The van der Waals surface area contributed by atoms with Gasteiger partial charge >= 0.3 is 6.03 Å². The summed E-state index contributed by atoms with van der Waals surface area (Å²) in [5.74, 6) is 0. The van der Waals surface area contributed by atoms with Gasteiger partial charge in [0.15, 0.2) is 0 Å². The van der Waals surface area contributed by atoms with E-state index in [9.17, 15) is 4.79 Å². The van der Waals surface area contributed by atoms with Crippen LogP contribution in [-0.2, 0) is 12.0 Å². The fraction of sp³-hybridized carbons (Fsp3) is 0.684. The second kappa shape index (κ2) is 6.87. The molecule has 1 aromatic rings. The highest BCUT2D eigenvalue weighted by molar-refractivity contribution is 7.09. The zero-order valence-electron chi connectivity index (χ0n) is 15.1. The van der Waals surface area contributed by atoms with Gasteiger partial charge in [0.1, 0.15) is 0 Å². The molecule has 1 N–H and O–H groups in total. The van der Waals surface area contributed by atoms with Crippen molar-refractivity contribution in [3.05, 3.63) is 28.2 Å². The minimum atomic E-state index is 0.0638. The largest absolute Gasteiger partial charge is 0.332 e. The monoisotopic (exact) mass is 347 g/mol. The molecule has 24 heavy (non-hydrogen) atoms. The fourth-order valence-electron chi connectivity index (χ4n) is 3.71. The molecule has 1 atom stereocenters. The average Bonchev–Trinajstić information content (AvgIpc) is 3.02. The number of nitrogens with zero attached hydrogens (tertiary/aromatic N) is 2. The van der Waals surface area contributed by atoms with Crippen molar-refractivity contribution >= 4 is 17.4 Å². The molecule has 0 aromatic carbocycles. The number of urea groups is 1. The zero-order chi connectivity index (χ0) is 17.2. The lowest BCUT2D eigenvalue weighted by molar-refractivity contribution is 0.0958. The van der Waals surface area contributed by atoms with Gasteiger partial charge in [0.2, 0.25) is 0 Å². The molecule has 4 nitrogen and oxygen atoms in total. The predicted octanol–water partition coefficient (Wildman–Crippen LogP) is 4.47. The number of likely N-dealkylation sites (tertiary alicyclic amines) is 1. The number of rotatable bonds is 2. The Morgan fingerprint density at radius 1 is 1.38 bits per heavy atom. The van der Waals surface area contributed by atoms with Gasteiger partial charge in [-0.2, -0.15) is 0 Å². The minimum Gasteiger partial charge on any atom is -0.332 e. The first kappa shape index (κ1) is 17.5. The molecule has 1 aromatic heterocycles. The van der Waals surface area contributed by atoms with Crippen molar-refractivity contribution in [2.24, 2.45) is 5.41 Å². The molecule has 2 aliphatic rings. The third kappa shape index (κ3) is 4.00. The van der Waals surface area contributed by atoms with Crippen LogP contribution in [0.25, 0.3) is 0 Å². The number of aromatic nitrogens is 1. The molecule has 3 rings (SSSR count). The maximum Gasteiger partial charge on any atom is 0.317 e. The second-order valence-corrected chi connectivity index (χ2v) is 9.15. The summed E-state index contributed by atoms with van der Waals surface area (Å²) in [7, 11) is 0. The van der Waals surface area contributed by atoms with Crippen LogP contribution in [-0.4, -0.2) is 29.0 Å². The van der Waals surface area contributed by atoms with Crippen molar-refractivity contribution < 1.29 is 4.79 Å². The molecule has 1 spiro atoms. The minimum absolute atomic E-state index is 0.0638. The molecule has 2 amide bonds. The molecule has 1 aliphatic carbocycles. The number of allylic oxidation sites excluding steroid dienone is 2. The Balaban J connectivity index is 1.55. The molecule has 2 heterocycles. The topological polar surface area (TPSA) is 45.2 Å². The van der Waals surface area contributed by atoms with Gasteiger partial charge in [-0.1, -0.05) is 32.9 Å². The lowest BCUT2D eigenvalue weighted by atomic mass is 9.71. The summed E-state index contributed by atoms with van der Waals surface area (Å²) < 4.78 is 0. The molecule has 132 valence electrons. The number of nitrogens with one attached hydrogen (secondary N) is 1. The Bertz CT molecular complexity index is 616. The van der Waals surface area contributed by atoms with Gasteiger partial charge in [-0.15, -0.1) is 11.3 Å². The number of piperidine rings is 1. The quantitative estimate of drug-likeness (QED) is 0.802. The van der Waals surface area contributed by atoms with Crippen LogP contribution in [0.15, 0.2) is 17.5 Å². The van der Waals surface area contributed by atoms with Crippen LogP contribution in [0.2, 0.25) is 0 Å². The van der Waals surface area contributed by atoms with E-state index in [4.69, 9.17) is 0 Å². The van der Waals surface area contributed by atoms with Crippen molar-refractivity contribution in [3.63, 3.8) is 0 Å². The molecule has 1 fully saturated rings. The van der Waals surface area contributed by atoms with Gasteiger partial charge in [-0.25, -0.2) is 9.78 Å². The van der Waals surface area contributed by atoms with Crippen LogP contribution >= 0.6 is 11.3 Å². The normalized spacial score (nSPS) is 24.4. The van der Waals surface area contributed by atoms with E-state index in [0.29, 0.717) is 12.0 Å².